The van der Waals surface area contributed by atoms with E-state index in [1.54, 1.807) is 6.92 Å². The molecule has 1 amide bonds. The predicted molar refractivity (Wildman–Crippen MR) is 78.6 cm³/mol. The van der Waals surface area contributed by atoms with Crippen LogP contribution in [0.2, 0.25) is 0 Å². The highest BCUT2D eigenvalue weighted by molar-refractivity contribution is 9.10. The Morgan fingerprint density at radius 2 is 1.95 bits per heavy atom. The number of carbonyl (C=O) groups excluding carboxylic acids is 1. The summed E-state index contributed by atoms with van der Waals surface area (Å²) in [7, 11) is 0. The molecular formula is C14H17BrFNO4. The first-order valence-corrected chi connectivity index (χ1v) is 7.16. The molecule has 1 rings (SSSR count). The van der Waals surface area contributed by atoms with E-state index in [0.717, 1.165) is 0 Å². The van der Waals surface area contributed by atoms with Gasteiger partial charge in [-0.3, -0.25) is 9.59 Å². The first-order chi connectivity index (χ1) is 9.72. The lowest BCUT2D eigenvalue weighted by molar-refractivity contribution is -0.142. The highest BCUT2D eigenvalue weighted by atomic mass is 79.9. The lowest BCUT2D eigenvalue weighted by Crippen LogP contribution is -2.45. The van der Waals surface area contributed by atoms with Crippen LogP contribution in [0.4, 0.5) is 4.39 Å². The van der Waals surface area contributed by atoms with Crippen LogP contribution in [0.15, 0.2) is 22.7 Å². The molecule has 0 spiro atoms. The van der Waals surface area contributed by atoms with Gasteiger partial charge in [-0.25, -0.2) is 4.39 Å². The molecule has 21 heavy (non-hydrogen) atoms. The van der Waals surface area contributed by atoms with E-state index in [4.69, 9.17) is 9.84 Å². The van der Waals surface area contributed by atoms with E-state index in [1.165, 1.54) is 32.0 Å². The number of hydrogen-bond acceptors (Lipinski definition) is 3. The molecule has 1 aromatic carbocycles. The van der Waals surface area contributed by atoms with Crippen LogP contribution in [-0.4, -0.2) is 29.1 Å². The van der Waals surface area contributed by atoms with Gasteiger partial charge < -0.3 is 15.2 Å². The number of carboxylic acid groups (broad SMARTS) is 1. The number of halogens is 2. The van der Waals surface area contributed by atoms with E-state index >= 15 is 0 Å². The number of carboxylic acids is 1. The fourth-order valence-corrected chi connectivity index (χ4v) is 1.94. The van der Waals surface area contributed by atoms with Gasteiger partial charge in [-0.15, -0.1) is 0 Å². The van der Waals surface area contributed by atoms with Crippen molar-refractivity contribution in [3.05, 3.63) is 28.5 Å². The summed E-state index contributed by atoms with van der Waals surface area (Å²) in [5.74, 6) is -2.23. The molecule has 0 aliphatic carbocycles. The quantitative estimate of drug-likeness (QED) is 0.816. The van der Waals surface area contributed by atoms with Gasteiger partial charge in [0.05, 0.1) is 10.4 Å². The lowest BCUT2D eigenvalue weighted by atomic mass is 10.0. The number of ether oxygens (including phenoxy) is 1. The van der Waals surface area contributed by atoms with Crippen molar-refractivity contribution in [3.63, 3.8) is 0 Å². The van der Waals surface area contributed by atoms with Crippen molar-refractivity contribution >= 4 is 27.8 Å². The molecule has 0 aliphatic heterocycles. The minimum atomic E-state index is -0.988. The van der Waals surface area contributed by atoms with Crippen LogP contribution >= 0.6 is 15.9 Å². The second-order valence-electron chi connectivity index (χ2n) is 4.76. The van der Waals surface area contributed by atoms with E-state index in [1.807, 2.05) is 0 Å². The molecule has 1 aromatic rings. The molecule has 5 nitrogen and oxygen atoms in total. The minimum absolute atomic E-state index is 0.331. The molecule has 0 radical (unpaired) electrons. The summed E-state index contributed by atoms with van der Waals surface area (Å²) in [4.78, 5) is 22.8. The molecule has 116 valence electrons. The Kier molecular flexibility index (Phi) is 6.14. The van der Waals surface area contributed by atoms with Gasteiger partial charge in [0.2, 0.25) is 0 Å². The van der Waals surface area contributed by atoms with Crippen molar-refractivity contribution in [2.45, 2.75) is 32.9 Å². The molecule has 0 aromatic heterocycles. The minimum Gasteiger partial charge on any atom is -0.481 e. The molecule has 0 saturated carbocycles. The molecule has 3 unspecified atom stereocenters. The fourth-order valence-electron chi connectivity index (χ4n) is 1.50. The fraction of sp³-hybridized carbons (Fsp3) is 0.429. The van der Waals surface area contributed by atoms with Crippen molar-refractivity contribution in [2.75, 3.05) is 0 Å². The zero-order valence-electron chi connectivity index (χ0n) is 11.9. The van der Waals surface area contributed by atoms with E-state index in [-0.39, 0.29) is 0 Å². The Bertz CT molecular complexity index is 538. The average Bonchev–Trinajstić information content (AvgIpc) is 2.40. The topological polar surface area (TPSA) is 75.6 Å². The molecular weight excluding hydrogens is 345 g/mol. The van der Waals surface area contributed by atoms with Crippen molar-refractivity contribution in [2.24, 2.45) is 5.92 Å². The third kappa shape index (κ3) is 5.00. The maximum atomic E-state index is 13.0. The van der Waals surface area contributed by atoms with Crippen LogP contribution in [-0.2, 0) is 9.59 Å². The highest BCUT2D eigenvalue weighted by Gasteiger charge is 2.24. The van der Waals surface area contributed by atoms with E-state index < -0.39 is 35.8 Å². The smallest absolute Gasteiger partial charge is 0.308 e. The number of nitrogens with one attached hydrogen (secondary N) is 1. The summed E-state index contributed by atoms with van der Waals surface area (Å²) < 4.78 is 18.8. The molecule has 0 heterocycles. The normalized spacial score (nSPS) is 14.9. The van der Waals surface area contributed by atoms with Crippen LogP contribution in [0.3, 0.4) is 0 Å². The largest absolute Gasteiger partial charge is 0.481 e. The Morgan fingerprint density at radius 1 is 1.33 bits per heavy atom. The van der Waals surface area contributed by atoms with Crippen LogP contribution in [0.5, 0.6) is 5.75 Å². The monoisotopic (exact) mass is 361 g/mol. The Hall–Kier alpha value is -1.63. The van der Waals surface area contributed by atoms with Gasteiger partial charge in [-0.2, -0.15) is 0 Å². The summed E-state index contributed by atoms with van der Waals surface area (Å²) in [6.07, 6.45) is -0.838. The van der Waals surface area contributed by atoms with Gasteiger partial charge in [-0.05, 0) is 54.9 Å². The summed E-state index contributed by atoms with van der Waals surface area (Å²) >= 11 is 3.14. The number of amides is 1. The third-order valence-electron chi connectivity index (χ3n) is 3.08. The molecule has 2 N–H and O–H groups in total. The van der Waals surface area contributed by atoms with Crippen molar-refractivity contribution < 1.29 is 23.8 Å². The summed E-state index contributed by atoms with van der Waals surface area (Å²) in [6.45, 7) is 4.65. The van der Waals surface area contributed by atoms with Crippen LogP contribution < -0.4 is 10.1 Å². The van der Waals surface area contributed by atoms with E-state index in [9.17, 15) is 14.0 Å². The van der Waals surface area contributed by atoms with Gasteiger partial charge >= 0.3 is 5.97 Å². The molecule has 7 heteroatoms. The molecule has 3 atom stereocenters. The van der Waals surface area contributed by atoms with Gasteiger partial charge in [0.25, 0.3) is 5.91 Å². The van der Waals surface area contributed by atoms with E-state index in [0.29, 0.717) is 10.2 Å². The molecule has 0 saturated heterocycles. The zero-order chi connectivity index (χ0) is 16.2. The number of benzene rings is 1. The third-order valence-corrected chi connectivity index (χ3v) is 3.70. The first-order valence-electron chi connectivity index (χ1n) is 6.37. The van der Waals surface area contributed by atoms with Gasteiger partial charge in [0, 0.05) is 6.04 Å². The lowest BCUT2D eigenvalue weighted by Gasteiger charge is -2.21. The Morgan fingerprint density at radius 3 is 2.48 bits per heavy atom. The highest BCUT2D eigenvalue weighted by Crippen LogP contribution is 2.26. The summed E-state index contributed by atoms with van der Waals surface area (Å²) in [6, 6.07) is 3.33. The van der Waals surface area contributed by atoms with Gasteiger partial charge in [0.1, 0.15) is 11.6 Å². The molecule has 0 fully saturated rings. The number of rotatable bonds is 6. The maximum Gasteiger partial charge on any atom is 0.308 e. The summed E-state index contributed by atoms with van der Waals surface area (Å²) in [5, 5.41) is 11.5. The van der Waals surface area contributed by atoms with E-state index in [2.05, 4.69) is 21.2 Å². The summed E-state index contributed by atoms with van der Waals surface area (Å²) in [5.41, 5.74) is 0. The van der Waals surface area contributed by atoms with Crippen molar-refractivity contribution in [3.8, 4) is 5.75 Å². The molecule has 0 aliphatic rings. The first kappa shape index (κ1) is 17.4. The standard InChI is InChI=1S/C14H17BrFNO4/c1-7(14(19)20)8(2)17-13(18)9(3)21-12-5-4-10(16)6-11(12)15/h4-9H,1-3H3,(H,17,18)(H,19,20). The van der Waals surface area contributed by atoms with Crippen LogP contribution in [0, 0.1) is 11.7 Å². The SMILES string of the molecule is CC(Oc1ccc(F)cc1Br)C(=O)NC(C)C(C)C(=O)O. The zero-order valence-corrected chi connectivity index (χ0v) is 13.5. The second-order valence-corrected chi connectivity index (χ2v) is 5.61. The predicted octanol–water partition coefficient (Wildman–Crippen LogP) is 2.58. The Labute approximate surface area is 130 Å². The van der Waals surface area contributed by atoms with Crippen molar-refractivity contribution in [1.29, 1.82) is 0 Å². The van der Waals surface area contributed by atoms with Crippen LogP contribution in [0.25, 0.3) is 0 Å². The Balaban J connectivity index is 2.64. The molecule has 0 bridgehead atoms. The second kappa shape index (κ2) is 7.40. The number of carbonyl (C=O) groups is 2. The average molecular weight is 362 g/mol. The van der Waals surface area contributed by atoms with Gasteiger partial charge in [0.15, 0.2) is 6.10 Å². The van der Waals surface area contributed by atoms with Gasteiger partial charge in [-0.1, -0.05) is 0 Å². The number of hydrogen-bond donors (Lipinski definition) is 2. The van der Waals surface area contributed by atoms with Crippen molar-refractivity contribution in [1.82, 2.24) is 5.32 Å². The maximum absolute atomic E-state index is 13.0. The van der Waals surface area contributed by atoms with Crippen LogP contribution in [0.1, 0.15) is 20.8 Å². The number of aliphatic carboxylic acids is 1.